The number of amides is 3. The lowest BCUT2D eigenvalue weighted by Gasteiger charge is -2.19. The van der Waals surface area contributed by atoms with E-state index in [1.807, 2.05) is 0 Å². The topological polar surface area (TPSA) is 58.2 Å². The molecule has 1 aliphatic rings. The largest absolute Gasteiger partial charge is 0.322 e. The lowest BCUT2D eigenvalue weighted by molar-refractivity contribution is -0.122. The van der Waals surface area contributed by atoms with Crippen LogP contribution in [0.1, 0.15) is 13.8 Å². The van der Waals surface area contributed by atoms with E-state index in [2.05, 4.69) is 17.2 Å². The van der Waals surface area contributed by atoms with Gasteiger partial charge in [-0.15, -0.1) is 0 Å². The number of carbonyl (C=O) groups is 2. The molecule has 1 aliphatic heterocycles. The zero-order chi connectivity index (χ0) is 8.65. The smallest absolute Gasteiger partial charge is 0.320 e. The Kier molecular flexibility index (Phi) is 1.47. The van der Waals surface area contributed by atoms with Crippen molar-refractivity contribution >= 4 is 11.9 Å². The molecule has 4 heteroatoms. The van der Waals surface area contributed by atoms with E-state index in [1.54, 1.807) is 13.8 Å². The Morgan fingerprint density at radius 3 is 2.27 bits per heavy atom. The second-order valence-electron chi connectivity index (χ2n) is 2.81. The average Bonchev–Trinajstić information content (AvgIpc) is 2.08. The molecule has 1 saturated heterocycles. The molecule has 11 heavy (non-hydrogen) atoms. The first-order chi connectivity index (χ1) is 4.97. The zero-order valence-corrected chi connectivity index (χ0v) is 6.52. The van der Waals surface area contributed by atoms with Crippen LogP contribution >= 0.6 is 0 Å². The predicted octanol–water partition coefficient (Wildman–Crippen LogP) is 0.161. The fourth-order valence-electron chi connectivity index (χ4n) is 0.844. The van der Waals surface area contributed by atoms with Gasteiger partial charge in [-0.2, -0.15) is 0 Å². The molecule has 0 saturated carbocycles. The Morgan fingerprint density at radius 2 is 2.09 bits per heavy atom. The minimum absolute atomic E-state index is 0.338. The molecule has 0 aliphatic carbocycles. The molecule has 0 aromatic heterocycles. The maximum absolute atomic E-state index is 11.1. The molecular weight excluding hydrogens is 144 g/mol. The first-order valence-electron chi connectivity index (χ1n) is 3.26. The van der Waals surface area contributed by atoms with Crippen molar-refractivity contribution in [1.82, 2.24) is 10.6 Å². The monoisotopic (exact) mass is 154 g/mol. The fraction of sp³-hybridized carbons (Fsp3) is 0.429. The van der Waals surface area contributed by atoms with Crippen molar-refractivity contribution in [2.24, 2.45) is 0 Å². The third kappa shape index (κ3) is 1.00. The molecule has 1 rings (SSSR count). The molecule has 0 aromatic rings. The van der Waals surface area contributed by atoms with E-state index in [9.17, 15) is 9.59 Å². The van der Waals surface area contributed by atoms with Crippen LogP contribution in [0.15, 0.2) is 12.2 Å². The Balaban J connectivity index is 2.96. The summed E-state index contributed by atoms with van der Waals surface area (Å²) in [6, 6.07) is -0.458. The highest BCUT2D eigenvalue weighted by atomic mass is 16.2. The quantitative estimate of drug-likeness (QED) is 0.417. The van der Waals surface area contributed by atoms with E-state index >= 15 is 0 Å². The molecule has 0 bridgehead atoms. The van der Waals surface area contributed by atoms with E-state index in [4.69, 9.17) is 0 Å². The Bertz CT molecular complexity index is 247. The highest BCUT2D eigenvalue weighted by Gasteiger charge is 2.42. The summed E-state index contributed by atoms with van der Waals surface area (Å²) >= 11 is 0. The first kappa shape index (κ1) is 7.78. The van der Waals surface area contributed by atoms with Gasteiger partial charge in [0.25, 0.3) is 5.91 Å². The van der Waals surface area contributed by atoms with Gasteiger partial charge in [-0.3, -0.25) is 10.1 Å². The molecule has 0 spiro atoms. The van der Waals surface area contributed by atoms with E-state index in [1.165, 1.54) is 0 Å². The van der Waals surface area contributed by atoms with E-state index in [0.717, 1.165) is 0 Å². The second-order valence-corrected chi connectivity index (χ2v) is 2.81. The summed E-state index contributed by atoms with van der Waals surface area (Å²) in [5.41, 5.74) is -0.294. The number of hydrogen-bond donors (Lipinski definition) is 2. The average molecular weight is 154 g/mol. The van der Waals surface area contributed by atoms with Gasteiger partial charge in [0.05, 0.1) is 0 Å². The molecule has 0 aromatic carbocycles. The molecule has 3 amide bonds. The number of nitrogens with one attached hydrogen (secondary N) is 2. The lowest BCUT2D eigenvalue weighted by atomic mass is 9.95. The van der Waals surface area contributed by atoms with Gasteiger partial charge < -0.3 is 5.32 Å². The van der Waals surface area contributed by atoms with Gasteiger partial charge in [0, 0.05) is 0 Å². The summed E-state index contributed by atoms with van der Waals surface area (Å²) in [5.74, 6) is -0.338. The van der Waals surface area contributed by atoms with Gasteiger partial charge in [0.1, 0.15) is 5.54 Å². The van der Waals surface area contributed by atoms with E-state index in [0.29, 0.717) is 5.57 Å². The third-order valence-electron chi connectivity index (χ3n) is 1.90. The van der Waals surface area contributed by atoms with Gasteiger partial charge in [-0.25, -0.2) is 4.79 Å². The summed E-state index contributed by atoms with van der Waals surface area (Å²) in [7, 11) is 0. The van der Waals surface area contributed by atoms with E-state index < -0.39 is 11.6 Å². The Labute approximate surface area is 64.7 Å². The minimum atomic E-state index is -0.920. The molecular formula is C7H10N2O2. The molecule has 60 valence electrons. The number of imide groups is 1. The summed E-state index contributed by atoms with van der Waals surface area (Å²) in [4.78, 5) is 21.8. The highest BCUT2D eigenvalue weighted by molar-refractivity contribution is 6.08. The minimum Gasteiger partial charge on any atom is -0.320 e. The van der Waals surface area contributed by atoms with Gasteiger partial charge in [0.15, 0.2) is 0 Å². The number of hydrogen-bond acceptors (Lipinski definition) is 2. The maximum Gasteiger partial charge on any atom is 0.322 e. The predicted molar refractivity (Wildman–Crippen MR) is 39.9 cm³/mol. The van der Waals surface area contributed by atoms with Crippen molar-refractivity contribution in [1.29, 1.82) is 0 Å². The molecule has 1 atom stereocenters. The number of urea groups is 1. The molecule has 1 heterocycles. The number of carbonyl (C=O) groups excluding carboxylic acids is 2. The molecule has 4 nitrogen and oxygen atoms in total. The van der Waals surface area contributed by atoms with Crippen LogP contribution in [-0.2, 0) is 4.79 Å². The normalized spacial score (nSPS) is 29.6. The summed E-state index contributed by atoms with van der Waals surface area (Å²) in [6.45, 7) is 6.94. The maximum atomic E-state index is 11.1. The summed E-state index contributed by atoms with van der Waals surface area (Å²) < 4.78 is 0. The van der Waals surface area contributed by atoms with Crippen LogP contribution in [0.25, 0.3) is 0 Å². The van der Waals surface area contributed by atoms with Crippen LogP contribution in [0.5, 0.6) is 0 Å². The highest BCUT2D eigenvalue weighted by Crippen LogP contribution is 2.17. The zero-order valence-electron chi connectivity index (χ0n) is 6.52. The molecule has 2 N–H and O–H groups in total. The van der Waals surface area contributed by atoms with Crippen molar-refractivity contribution in [3.05, 3.63) is 12.2 Å². The van der Waals surface area contributed by atoms with Gasteiger partial charge in [0.2, 0.25) is 0 Å². The van der Waals surface area contributed by atoms with Crippen molar-refractivity contribution < 1.29 is 9.59 Å². The van der Waals surface area contributed by atoms with Crippen molar-refractivity contribution in [2.45, 2.75) is 19.4 Å². The van der Waals surface area contributed by atoms with Crippen molar-refractivity contribution in [3.8, 4) is 0 Å². The molecule has 1 unspecified atom stereocenters. The number of rotatable bonds is 1. The summed E-state index contributed by atoms with van der Waals surface area (Å²) in [6.07, 6.45) is 0. The first-order valence-corrected chi connectivity index (χ1v) is 3.26. The van der Waals surface area contributed by atoms with Crippen LogP contribution in [-0.4, -0.2) is 17.5 Å². The van der Waals surface area contributed by atoms with Gasteiger partial charge in [-0.05, 0) is 19.4 Å². The molecule has 0 radical (unpaired) electrons. The third-order valence-corrected chi connectivity index (χ3v) is 1.90. The van der Waals surface area contributed by atoms with Gasteiger partial charge in [-0.1, -0.05) is 6.58 Å². The van der Waals surface area contributed by atoms with Gasteiger partial charge >= 0.3 is 6.03 Å². The standard InChI is InChI=1S/C7H10N2O2/c1-4(2)7(3)5(10)8-6(11)9-7/h1H2,2-3H3,(H2,8,9,10,11). The van der Waals surface area contributed by atoms with Crippen LogP contribution in [0, 0.1) is 0 Å². The Hall–Kier alpha value is -1.32. The lowest BCUT2D eigenvalue weighted by Crippen LogP contribution is -2.44. The fourth-order valence-corrected chi connectivity index (χ4v) is 0.844. The van der Waals surface area contributed by atoms with Crippen molar-refractivity contribution in [2.75, 3.05) is 0 Å². The Morgan fingerprint density at radius 1 is 1.55 bits per heavy atom. The molecule has 1 fully saturated rings. The van der Waals surface area contributed by atoms with E-state index in [-0.39, 0.29) is 5.91 Å². The summed E-state index contributed by atoms with van der Waals surface area (Å²) in [5, 5.41) is 4.62. The van der Waals surface area contributed by atoms with Crippen LogP contribution in [0.3, 0.4) is 0 Å². The van der Waals surface area contributed by atoms with Crippen LogP contribution < -0.4 is 10.6 Å². The second kappa shape index (κ2) is 2.08. The van der Waals surface area contributed by atoms with Crippen molar-refractivity contribution in [3.63, 3.8) is 0 Å². The van der Waals surface area contributed by atoms with Crippen LogP contribution in [0.4, 0.5) is 4.79 Å². The SMILES string of the molecule is C=C(C)C1(C)NC(=O)NC1=O. The van der Waals surface area contributed by atoms with Crippen LogP contribution in [0.2, 0.25) is 0 Å².